The summed E-state index contributed by atoms with van der Waals surface area (Å²) in [6.07, 6.45) is 53.0. The van der Waals surface area contributed by atoms with Gasteiger partial charge in [-0.2, -0.15) is 0 Å². The smallest absolute Gasteiger partial charge is 0.472 e. The number of hydrogen-bond acceptors (Lipinski definition) is 7. The quantitative estimate of drug-likeness (QED) is 0.0208. The van der Waals surface area contributed by atoms with Gasteiger partial charge >= 0.3 is 13.8 Å². The fourth-order valence-electron chi connectivity index (χ4n) is 5.43. The first-order valence-electron chi connectivity index (χ1n) is 21.5. The molecule has 0 saturated carbocycles. The molecular formula is C45H80NO7P. The number of rotatable bonds is 40. The van der Waals surface area contributed by atoms with Crippen molar-refractivity contribution in [2.75, 3.05) is 26.4 Å². The van der Waals surface area contributed by atoms with Crippen LogP contribution in [0.15, 0.2) is 73.1 Å². The Hall–Kier alpha value is -2.22. The van der Waals surface area contributed by atoms with E-state index in [1.165, 1.54) is 83.5 Å². The third kappa shape index (κ3) is 41.0. The molecule has 0 aliphatic carbocycles. The summed E-state index contributed by atoms with van der Waals surface area (Å²) in [5.74, 6) is -0.325. The van der Waals surface area contributed by atoms with Crippen LogP contribution in [0.1, 0.15) is 174 Å². The Bertz CT molecular complexity index is 1050. The zero-order valence-corrected chi connectivity index (χ0v) is 35.3. The molecule has 0 aliphatic rings. The van der Waals surface area contributed by atoms with E-state index >= 15 is 0 Å². The molecule has 2 unspecified atom stereocenters. The van der Waals surface area contributed by atoms with E-state index in [4.69, 9.17) is 24.3 Å². The number of nitrogens with two attached hydrogens (primary N) is 1. The van der Waals surface area contributed by atoms with E-state index in [9.17, 15) is 14.3 Å². The Morgan fingerprint density at radius 1 is 0.574 bits per heavy atom. The monoisotopic (exact) mass is 778 g/mol. The molecule has 0 spiro atoms. The molecule has 0 aliphatic heterocycles. The molecule has 9 heteroatoms. The Labute approximate surface area is 331 Å². The minimum atomic E-state index is -4.28. The molecule has 0 rings (SSSR count). The van der Waals surface area contributed by atoms with Crippen LogP contribution in [0.4, 0.5) is 0 Å². The molecular weight excluding hydrogens is 697 g/mol. The molecule has 0 bridgehead atoms. The number of ether oxygens (including phenoxy) is 2. The highest BCUT2D eigenvalue weighted by molar-refractivity contribution is 7.47. The zero-order valence-electron chi connectivity index (χ0n) is 34.4. The lowest BCUT2D eigenvalue weighted by atomic mass is 10.1. The van der Waals surface area contributed by atoms with Crippen molar-refractivity contribution >= 4 is 13.8 Å². The number of carbonyl (C=O) groups is 1. The summed E-state index contributed by atoms with van der Waals surface area (Å²) in [6.45, 7) is 4.12. The largest absolute Gasteiger partial charge is 0.492 e. The summed E-state index contributed by atoms with van der Waals surface area (Å²) in [5.41, 5.74) is 5.36. The number of phosphoric ester groups is 1. The summed E-state index contributed by atoms with van der Waals surface area (Å²) in [7, 11) is -4.28. The van der Waals surface area contributed by atoms with Crippen LogP contribution in [-0.4, -0.2) is 43.3 Å². The van der Waals surface area contributed by atoms with Gasteiger partial charge in [0.2, 0.25) is 0 Å². The van der Waals surface area contributed by atoms with Crippen molar-refractivity contribution in [3.05, 3.63) is 73.1 Å². The highest BCUT2D eigenvalue weighted by Gasteiger charge is 2.24. The zero-order chi connectivity index (χ0) is 39.5. The van der Waals surface area contributed by atoms with E-state index in [1.54, 1.807) is 6.26 Å². The molecule has 0 aromatic heterocycles. The van der Waals surface area contributed by atoms with Crippen LogP contribution in [0, 0.1) is 0 Å². The van der Waals surface area contributed by atoms with Crippen LogP contribution in [-0.2, 0) is 27.9 Å². The van der Waals surface area contributed by atoms with Crippen molar-refractivity contribution in [2.45, 2.75) is 180 Å². The topological polar surface area (TPSA) is 117 Å². The second-order valence-electron chi connectivity index (χ2n) is 13.9. The highest BCUT2D eigenvalue weighted by atomic mass is 31.2. The number of hydrogen-bond donors (Lipinski definition) is 2. The van der Waals surface area contributed by atoms with Crippen LogP contribution in [0.25, 0.3) is 0 Å². The van der Waals surface area contributed by atoms with Gasteiger partial charge in [-0.15, -0.1) is 0 Å². The van der Waals surface area contributed by atoms with E-state index in [2.05, 4.69) is 74.6 Å². The number of unbranched alkanes of at least 4 members (excludes halogenated alkanes) is 17. The Kier molecular flexibility index (Phi) is 40.2. The fraction of sp³-hybridized carbons (Fsp3) is 0.711. The molecule has 3 N–H and O–H groups in total. The van der Waals surface area contributed by atoms with Gasteiger partial charge in [0.15, 0.2) is 6.10 Å². The maximum absolute atomic E-state index is 12.4. The van der Waals surface area contributed by atoms with Crippen LogP contribution in [0.2, 0.25) is 0 Å². The summed E-state index contributed by atoms with van der Waals surface area (Å²) < 4.78 is 33.1. The predicted octanol–water partition coefficient (Wildman–Crippen LogP) is 13.1. The summed E-state index contributed by atoms with van der Waals surface area (Å²) in [6, 6.07) is 0. The second-order valence-corrected chi connectivity index (χ2v) is 15.4. The molecule has 0 fully saturated rings. The normalized spacial score (nSPS) is 14.1. The van der Waals surface area contributed by atoms with Crippen molar-refractivity contribution in [2.24, 2.45) is 5.73 Å². The first-order valence-corrected chi connectivity index (χ1v) is 23.0. The second kappa shape index (κ2) is 41.9. The molecule has 0 saturated heterocycles. The number of esters is 1. The Morgan fingerprint density at radius 3 is 1.54 bits per heavy atom. The molecule has 0 amide bonds. The van der Waals surface area contributed by atoms with Gasteiger partial charge in [-0.25, -0.2) is 4.57 Å². The van der Waals surface area contributed by atoms with Crippen molar-refractivity contribution in [1.29, 1.82) is 0 Å². The molecule has 54 heavy (non-hydrogen) atoms. The molecule has 0 heterocycles. The third-order valence-electron chi connectivity index (χ3n) is 8.69. The van der Waals surface area contributed by atoms with Crippen molar-refractivity contribution < 1.29 is 32.8 Å². The SMILES string of the molecule is CCCCCC=CCC=CCC=CCC=CCCCCCC(=O)OCC(COP(=O)(O)OCCN)OC=CCCCCCCC=CCCCCCCCC. The van der Waals surface area contributed by atoms with Gasteiger partial charge in [0.1, 0.15) is 6.61 Å². The van der Waals surface area contributed by atoms with Gasteiger partial charge < -0.3 is 20.1 Å². The Morgan fingerprint density at radius 2 is 1.00 bits per heavy atom. The average Bonchev–Trinajstić information content (AvgIpc) is 3.16. The van der Waals surface area contributed by atoms with Crippen molar-refractivity contribution in [1.82, 2.24) is 0 Å². The van der Waals surface area contributed by atoms with Crippen LogP contribution in [0.5, 0.6) is 0 Å². The van der Waals surface area contributed by atoms with E-state index in [0.29, 0.717) is 6.42 Å². The number of allylic oxidation sites excluding steroid dienone is 11. The maximum Gasteiger partial charge on any atom is 0.472 e. The van der Waals surface area contributed by atoms with Crippen LogP contribution >= 0.6 is 7.82 Å². The fourth-order valence-corrected chi connectivity index (χ4v) is 6.19. The maximum atomic E-state index is 12.4. The lowest BCUT2D eigenvalue weighted by molar-refractivity contribution is -0.147. The van der Waals surface area contributed by atoms with Gasteiger partial charge in [-0.1, -0.05) is 139 Å². The van der Waals surface area contributed by atoms with E-state index in [0.717, 1.165) is 70.6 Å². The first kappa shape index (κ1) is 51.8. The van der Waals surface area contributed by atoms with Crippen LogP contribution in [0.3, 0.4) is 0 Å². The number of phosphoric acid groups is 1. The molecule has 0 radical (unpaired) electrons. The minimum Gasteiger partial charge on any atom is -0.492 e. The molecule has 312 valence electrons. The highest BCUT2D eigenvalue weighted by Crippen LogP contribution is 2.43. The van der Waals surface area contributed by atoms with Crippen molar-refractivity contribution in [3.63, 3.8) is 0 Å². The average molecular weight is 778 g/mol. The van der Waals surface area contributed by atoms with E-state index in [-0.39, 0.29) is 32.3 Å². The summed E-state index contributed by atoms with van der Waals surface area (Å²) in [5, 5.41) is 0. The van der Waals surface area contributed by atoms with Gasteiger partial charge in [-0.05, 0) is 96.0 Å². The lowest BCUT2D eigenvalue weighted by Gasteiger charge is -2.19. The molecule has 8 nitrogen and oxygen atoms in total. The van der Waals surface area contributed by atoms with Gasteiger partial charge in [0.25, 0.3) is 0 Å². The van der Waals surface area contributed by atoms with Gasteiger partial charge in [-0.3, -0.25) is 13.8 Å². The lowest BCUT2D eigenvalue weighted by Crippen LogP contribution is -2.25. The first-order chi connectivity index (χ1) is 26.4. The standard InChI is InChI=1S/C45H80NO7P/c1-3-5-7-9-11-13-15-17-19-21-22-23-24-26-28-30-32-34-36-38-45(47)51-42-44(43-53-54(48,49)52-41-39-46)50-40-37-35-33-31-29-27-25-20-18-16-14-12-10-8-6-4-2/h11,13,17-20,22-23,26,28,37,40,44H,3-10,12,14-16,21,24-25,27,29-36,38-39,41-43,46H2,1-2H3,(H,48,49). The van der Waals surface area contributed by atoms with Crippen LogP contribution < -0.4 is 5.73 Å². The summed E-state index contributed by atoms with van der Waals surface area (Å²) >= 11 is 0. The van der Waals surface area contributed by atoms with E-state index in [1.807, 2.05) is 6.08 Å². The molecule has 0 aromatic carbocycles. The minimum absolute atomic E-state index is 0.0886. The van der Waals surface area contributed by atoms with Gasteiger partial charge in [0.05, 0.1) is 19.5 Å². The summed E-state index contributed by atoms with van der Waals surface area (Å²) in [4.78, 5) is 22.3. The van der Waals surface area contributed by atoms with E-state index < -0.39 is 13.9 Å². The number of carbonyl (C=O) groups excluding carboxylic acids is 1. The van der Waals surface area contributed by atoms with Gasteiger partial charge in [0, 0.05) is 13.0 Å². The Balaban J connectivity index is 4.19. The molecule has 0 aromatic rings. The van der Waals surface area contributed by atoms with Crippen molar-refractivity contribution in [3.8, 4) is 0 Å². The third-order valence-corrected chi connectivity index (χ3v) is 9.67. The molecule has 2 atom stereocenters. The predicted molar refractivity (Wildman–Crippen MR) is 228 cm³/mol.